The second kappa shape index (κ2) is 10.0. The molecule has 3 heterocycles. The third kappa shape index (κ3) is 4.63. The number of carbonyl (C=O) groups is 2. The molecule has 1 fully saturated rings. The fourth-order valence-electron chi connectivity index (χ4n) is 5.16. The van der Waals surface area contributed by atoms with Crippen molar-refractivity contribution in [2.75, 3.05) is 13.1 Å². The van der Waals surface area contributed by atoms with Crippen LogP contribution in [0, 0.1) is 18.8 Å². The number of aromatic nitrogens is 4. The Hall–Kier alpha value is -3.23. The minimum Gasteiger partial charge on any atom is -0.349 e. The van der Waals surface area contributed by atoms with Gasteiger partial charge in [-0.2, -0.15) is 5.10 Å². The van der Waals surface area contributed by atoms with E-state index in [4.69, 9.17) is 23.2 Å². The van der Waals surface area contributed by atoms with Gasteiger partial charge in [0.2, 0.25) is 0 Å². The monoisotopic (exact) mass is 524 g/mol. The number of carbonyl (C=O) groups excluding carboxylic acids is 2. The summed E-state index contributed by atoms with van der Waals surface area (Å²) in [5.74, 6) is -0.136. The van der Waals surface area contributed by atoms with Crippen molar-refractivity contribution in [2.45, 2.75) is 25.8 Å². The van der Waals surface area contributed by atoms with Gasteiger partial charge in [0.15, 0.2) is 0 Å². The lowest BCUT2D eigenvalue weighted by molar-refractivity contribution is 0.0572. The van der Waals surface area contributed by atoms with Crippen molar-refractivity contribution in [2.24, 2.45) is 18.9 Å². The van der Waals surface area contributed by atoms with Gasteiger partial charge in [-0.3, -0.25) is 24.2 Å². The molecular weight excluding hydrogens is 499 g/mol. The first-order chi connectivity index (χ1) is 17.3. The van der Waals surface area contributed by atoms with Gasteiger partial charge >= 0.3 is 0 Å². The number of amides is 2. The highest BCUT2D eigenvalue weighted by Gasteiger charge is 2.37. The topological polar surface area (TPSA) is 93.0 Å². The molecule has 10 heteroatoms. The molecule has 0 saturated carbocycles. The largest absolute Gasteiger partial charge is 0.349 e. The summed E-state index contributed by atoms with van der Waals surface area (Å²) in [6, 6.07) is 3.26. The van der Waals surface area contributed by atoms with Crippen LogP contribution in [-0.4, -0.2) is 55.6 Å². The lowest BCUT2D eigenvalue weighted by Gasteiger charge is -2.42. The first-order valence-electron chi connectivity index (χ1n) is 11.9. The van der Waals surface area contributed by atoms with Crippen LogP contribution < -0.4 is 5.32 Å². The number of nitrogens with zero attached hydrogens (tertiary/aromatic N) is 5. The van der Waals surface area contributed by atoms with Crippen molar-refractivity contribution in [3.8, 4) is 0 Å². The third-order valence-electron chi connectivity index (χ3n) is 6.98. The second-order valence-electron chi connectivity index (χ2n) is 9.25. The SMILES string of the molecule is Cc1nn(C)c(Cl)c1C(=O)N[C@@H]1CCN(C(=O)c2cc(Cl)c3nccnc3c2)C[C@@H]1C1C=CC=CC1. The molecule has 1 unspecified atom stereocenters. The molecule has 1 saturated heterocycles. The van der Waals surface area contributed by atoms with Crippen molar-refractivity contribution >= 4 is 46.0 Å². The average molecular weight is 525 g/mol. The van der Waals surface area contributed by atoms with Gasteiger partial charge in [-0.15, -0.1) is 0 Å². The van der Waals surface area contributed by atoms with Crippen molar-refractivity contribution < 1.29 is 9.59 Å². The molecule has 1 N–H and O–H groups in total. The maximum absolute atomic E-state index is 13.5. The predicted molar refractivity (Wildman–Crippen MR) is 139 cm³/mol. The van der Waals surface area contributed by atoms with Crippen molar-refractivity contribution in [1.82, 2.24) is 30.0 Å². The quantitative estimate of drug-likeness (QED) is 0.546. The first kappa shape index (κ1) is 24.5. The molecule has 0 bridgehead atoms. The number of fused-ring (bicyclic) bond motifs is 1. The third-order valence-corrected chi connectivity index (χ3v) is 7.70. The number of hydrogen-bond donors (Lipinski definition) is 1. The normalized spacial score (nSPS) is 21.7. The highest BCUT2D eigenvalue weighted by Crippen LogP contribution is 2.32. The summed E-state index contributed by atoms with van der Waals surface area (Å²) in [4.78, 5) is 37.1. The Labute approximate surface area is 219 Å². The van der Waals surface area contributed by atoms with E-state index in [1.165, 1.54) is 4.68 Å². The maximum atomic E-state index is 13.5. The number of nitrogens with one attached hydrogen (secondary N) is 1. The Morgan fingerprint density at radius 2 is 1.94 bits per heavy atom. The fraction of sp³-hybridized carbons (Fsp3) is 0.346. The molecule has 36 heavy (non-hydrogen) atoms. The van der Waals surface area contributed by atoms with Gasteiger partial charge in [0.05, 0.1) is 21.8 Å². The van der Waals surface area contributed by atoms with Gasteiger partial charge < -0.3 is 10.2 Å². The summed E-state index contributed by atoms with van der Waals surface area (Å²) < 4.78 is 1.50. The molecule has 3 aromatic rings. The van der Waals surface area contributed by atoms with Gasteiger partial charge in [0.25, 0.3) is 11.8 Å². The van der Waals surface area contributed by atoms with Crippen LogP contribution in [0.5, 0.6) is 0 Å². The molecule has 2 aromatic heterocycles. The van der Waals surface area contributed by atoms with Crippen molar-refractivity contribution in [1.29, 1.82) is 0 Å². The summed E-state index contributed by atoms with van der Waals surface area (Å²) in [6.07, 6.45) is 12.9. The summed E-state index contributed by atoms with van der Waals surface area (Å²) in [7, 11) is 1.71. The summed E-state index contributed by atoms with van der Waals surface area (Å²) in [5, 5.41) is 8.17. The molecule has 0 spiro atoms. The van der Waals surface area contributed by atoms with E-state index < -0.39 is 0 Å². The first-order valence-corrected chi connectivity index (χ1v) is 12.6. The Morgan fingerprint density at radius 1 is 1.14 bits per heavy atom. The van der Waals surface area contributed by atoms with Gasteiger partial charge in [0, 0.05) is 50.1 Å². The Morgan fingerprint density at radius 3 is 2.67 bits per heavy atom. The van der Waals surface area contributed by atoms with Crippen LogP contribution in [0.2, 0.25) is 10.2 Å². The van der Waals surface area contributed by atoms with Gasteiger partial charge in [-0.05, 0) is 37.8 Å². The van der Waals surface area contributed by atoms with E-state index in [-0.39, 0.29) is 29.7 Å². The average Bonchev–Trinajstić information content (AvgIpc) is 3.15. The van der Waals surface area contributed by atoms with Gasteiger partial charge in [-0.25, -0.2) is 0 Å². The number of hydrogen-bond acceptors (Lipinski definition) is 5. The molecule has 1 aliphatic carbocycles. The Bertz CT molecular complexity index is 1400. The van der Waals surface area contributed by atoms with E-state index in [1.54, 1.807) is 38.5 Å². The van der Waals surface area contributed by atoms with Crippen LogP contribution in [-0.2, 0) is 7.05 Å². The van der Waals surface area contributed by atoms with Crippen LogP contribution in [0.3, 0.4) is 0 Å². The summed E-state index contributed by atoms with van der Waals surface area (Å²) in [5.41, 5.74) is 2.60. The van der Waals surface area contributed by atoms with E-state index in [2.05, 4.69) is 32.5 Å². The number of rotatable bonds is 4. The van der Waals surface area contributed by atoms with Crippen LogP contribution in [0.1, 0.15) is 39.3 Å². The summed E-state index contributed by atoms with van der Waals surface area (Å²) >= 11 is 12.8. The second-order valence-corrected chi connectivity index (χ2v) is 10.0. The van der Waals surface area contributed by atoms with Crippen LogP contribution in [0.15, 0.2) is 48.8 Å². The Balaban J connectivity index is 1.39. The zero-order valence-corrected chi connectivity index (χ0v) is 21.5. The molecular formula is C26H26Cl2N6O2. The highest BCUT2D eigenvalue weighted by atomic mass is 35.5. The maximum Gasteiger partial charge on any atom is 0.256 e. The summed E-state index contributed by atoms with van der Waals surface area (Å²) in [6.45, 7) is 2.78. The minimum absolute atomic E-state index is 0.0272. The molecule has 8 nitrogen and oxygen atoms in total. The van der Waals surface area contributed by atoms with Gasteiger partial charge in [-0.1, -0.05) is 47.5 Å². The van der Waals surface area contributed by atoms with E-state index in [0.29, 0.717) is 57.5 Å². The molecule has 186 valence electrons. The highest BCUT2D eigenvalue weighted by molar-refractivity contribution is 6.35. The number of halogens is 2. The van der Waals surface area contributed by atoms with Crippen molar-refractivity contribution in [3.63, 3.8) is 0 Å². The van der Waals surface area contributed by atoms with Crippen molar-refractivity contribution in [3.05, 3.63) is 75.8 Å². The number of piperidine rings is 1. The molecule has 1 aromatic carbocycles. The van der Waals surface area contributed by atoms with E-state index in [1.807, 2.05) is 17.1 Å². The van der Waals surface area contributed by atoms with E-state index in [9.17, 15) is 9.59 Å². The molecule has 5 rings (SSSR count). The predicted octanol–water partition coefficient (Wildman–Crippen LogP) is 4.37. The fourth-order valence-corrected chi connectivity index (χ4v) is 5.69. The van der Waals surface area contributed by atoms with E-state index >= 15 is 0 Å². The lowest BCUT2D eigenvalue weighted by atomic mass is 9.78. The zero-order valence-electron chi connectivity index (χ0n) is 20.0. The van der Waals surface area contributed by atoms with Crippen LogP contribution >= 0.6 is 23.2 Å². The number of benzene rings is 1. The minimum atomic E-state index is -0.240. The molecule has 0 radical (unpaired) electrons. The van der Waals surface area contributed by atoms with Crippen LogP contribution in [0.25, 0.3) is 11.0 Å². The lowest BCUT2D eigenvalue weighted by Crippen LogP contribution is -2.54. The zero-order chi connectivity index (χ0) is 25.4. The number of allylic oxidation sites excluding steroid dienone is 4. The smallest absolute Gasteiger partial charge is 0.256 e. The molecule has 2 amide bonds. The standard InChI is InChI=1S/C26H26Cl2N6O2/c1-15-22(24(28)33(2)32-15)25(35)31-20-8-11-34(14-18(20)16-6-4-3-5-7-16)26(36)17-12-19(27)23-21(13-17)29-9-10-30-23/h3-6,9-10,12-13,16,18,20H,7-8,11,14H2,1-2H3,(H,31,35)/t16?,18-,20-/m1/s1. The number of likely N-dealkylation sites (tertiary alicyclic amines) is 1. The van der Waals surface area contributed by atoms with Crippen LogP contribution in [0.4, 0.5) is 0 Å². The van der Waals surface area contributed by atoms with Gasteiger partial charge in [0.1, 0.15) is 10.7 Å². The molecule has 1 aliphatic heterocycles. The molecule has 2 aliphatic rings. The van der Waals surface area contributed by atoms with E-state index in [0.717, 1.165) is 6.42 Å². The number of aryl methyl sites for hydroxylation is 2. The molecule has 3 atom stereocenters. The Kier molecular flexibility index (Phi) is 6.81.